The molecular formula is C16H18BrNO4S. The largest absolute Gasteiger partial charge is 0.496 e. The van der Waals surface area contributed by atoms with Crippen LogP contribution in [-0.4, -0.2) is 22.6 Å². The molecule has 124 valence electrons. The molecule has 2 aromatic carbocycles. The van der Waals surface area contributed by atoms with Gasteiger partial charge in [0, 0.05) is 13.7 Å². The average molecular weight is 400 g/mol. The Balaban J connectivity index is 2.12. The van der Waals surface area contributed by atoms with Crippen LogP contribution in [0, 0.1) is 0 Å². The molecule has 0 atom stereocenters. The fourth-order valence-corrected chi connectivity index (χ4v) is 3.81. The number of benzene rings is 2. The molecule has 0 heterocycles. The number of rotatable bonds is 7. The van der Waals surface area contributed by atoms with Crippen LogP contribution in [0.5, 0.6) is 5.75 Å². The molecule has 0 aliphatic carbocycles. The lowest BCUT2D eigenvalue weighted by molar-refractivity contribution is 0.185. The van der Waals surface area contributed by atoms with Crippen LogP contribution in [0.2, 0.25) is 0 Å². The highest BCUT2D eigenvalue weighted by molar-refractivity contribution is 9.10. The van der Waals surface area contributed by atoms with Crippen molar-refractivity contribution < 1.29 is 17.9 Å². The van der Waals surface area contributed by atoms with Crippen molar-refractivity contribution in [3.63, 3.8) is 0 Å². The van der Waals surface area contributed by atoms with Crippen molar-refractivity contribution >= 4 is 26.0 Å². The predicted molar refractivity (Wildman–Crippen MR) is 91.9 cm³/mol. The van der Waals surface area contributed by atoms with E-state index in [9.17, 15) is 8.42 Å². The number of ether oxygens (including phenoxy) is 2. The van der Waals surface area contributed by atoms with Gasteiger partial charge in [-0.05, 0) is 45.3 Å². The van der Waals surface area contributed by atoms with E-state index in [1.807, 2.05) is 24.3 Å². The highest BCUT2D eigenvalue weighted by atomic mass is 79.9. The molecule has 0 saturated carbocycles. The summed E-state index contributed by atoms with van der Waals surface area (Å²) in [6.07, 6.45) is 0. The number of hydrogen-bond acceptors (Lipinski definition) is 4. The van der Waals surface area contributed by atoms with Crippen LogP contribution in [0.4, 0.5) is 0 Å². The summed E-state index contributed by atoms with van der Waals surface area (Å²) in [5, 5.41) is 0. The normalized spacial score (nSPS) is 11.4. The van der Waals surface area contributed by atoms with Gasteiger partial charge in [-0.15, -0.1) is 0 Å². The molecule has 2 rings (SSSR count). The van der Waals surface area contributed by atoms with Crippen LogP contribution in [0.25, 0.3) is 0 Å². The third-order valence-corrected chi connectivity index (χ3v) is 5.22. The van der Waals surface area contributed by atoms with Gasteiger partial charge in [0.15, 0.2) is 0 Å². The first-order valence-corrected chi connectivity index (χ1v) is 9.14. The summed E-state index contributed by atoms with van der Waals surface area (Å²) in [6, 6.07) is 12.2. The predicted octanol–water partition coefficient (Wildman–Crippen LogP) is 3.08. The smallest absolute Gasteiger partial charge is 0.240 e. The van der Waals surface area contributed by atoms with E-state index in [1.165, 1.54) is 19.2 Å². The van der Waals surface area contributed by atoms with Crippen LogP contribution < -0.4 is 9.46 Å². The first-order valence-electron chi connectivity index (χ1n) is 6.86. The van der Waals surface area contributed by atoms with Gasteiger partial charge >= 0.3 is 0 Å². The molecule has 5 nitrogen and oxygen atoms in total. The third kappa shape index (κ3) is 4.78. The number of sulfonamides is 1. The minimum atomic E-state index is -3.60. The third-order valence-electron chi connectivity index (χ3n) is 3.20. The van der Waals surface area contributed by atoms with E-state index >= 15 is 0 Å². The van der Waals surface area contributed by atoms with Crippen LogP contribution in [0.3, 0.4) is 0 Å². The van der Waals surface area contributed by atoms with Gasteiger partial charge in [-0.25, -0.2) is 13.1 Å². The quantitative estimate of drug-likeness (QED) is 0.776. The summed E-state index contributed by atoms with van der Waals surface area (Å²) in [7, 11) is -0.449. The molecule has 0 amide bonds. The van der Waals surface area contributed by atoms with Gasteiger partial charge in [-0.3, -0.25) is 0 Å². The molecule has 0 aromatic heterocycles. The van der Waals surface area contributed by atoms with Crippen molar-refractivity contribution in [3.8, 4) is 5.75 Å². The van der Waals surface area contributed by atoms with Crippen molar-refractivity contribution in [3.05, 3.63) is 58.1 Å². The fourth-order valence-electron chi connectivity index (χ4n) is 2.07. The molecule has 0 saturated heterocycles. The fraction of sp³-hybridized carbons (Fsp3) is 0.250. The molecule has 7 heteroatoms. The minimum Gasteiger partial charge on any atom is -0.496 e. The molecule has 0 aliphatic heterocycles. The molecule has 0 fully saturated rings. The lowest BCUT2D eigenvalue weighted by Gasteiger charge is -2.10. The zero-order valence-electron chi connectivity index (χ0n) is 12.9. The maximum absolute atomic E-state index is 12.4. The SMILES string of the molecule is COCc1cccc(CNS(=O)(=O)c2ccc(OC)c(Br)c2)c1. The van der Waals surface area contributed by atoms with Crippen LogP contribution in [0.15, 0.2) is 51.8 Å². The average Bonchev–Trinajstić information content (AvgIpc) is 2.54. The molecule has 23 heavy (non-hydrogen) atoms. The van der Waals surface area contributed by atoms with Crippen molar-refractivity contribution in [1.29, 1.82) is 0 Å². The maximum atomic E-state index is 12.4. The summed E-state index contributed by atoms with van der Waals surface area (Å²) in [4.78, 5) is 0.179. The lowest BCUT2D eigenvalue weighted by atomic mass is 10.1. The number of hydrogen-bond donors (Lipinski definition) is 1. The topological polar surface area (TPSA) is 64.6 Å². The second-order valence-electron chi connectivity index (χ2n) is 4.87. The summed E-state index contributed by atoms with van der Waals surface area (Å²) >= 11 is 3.29. The Bertz CT molecular complexity index is 777. The van der Waals surface area contributed by atoms with Crippen LogP contribution in [-0.2, 0) is 27.9 Å². The van der Waals surface area contributed by atoms with Crippen molar-refractivity contribution in [2.75, 3.05) is 14.2 Å². The van der Waals surface area contributed by atoms with Gasteiger partial charge in [-0.2, -0.15) is 0 Å². The monoisotopic (exact) mass is 399 g/mol. The van der Waals surface area contributed by atoms with Crippen LogP contribution >= 0.6 is 15.9 Å². The Kier molecular flexibility index (Phi) is 6.17. The van der Waals surface area contributed by atoms with Gasteiger partial charge in [0.1, 0.15) is 5.75 Å². The van der Waals surface area contributed by atoms with Crippen molar-refractivity contribution in [2.45, 2.75) is 18.0 Å². The minimum absolute atomic E-state index is 0.179. The molecule has 0 aliphatic rings. The van der Waals surface area contributed by atoms with E-state index in [4.69, 9.17) is 9.47 Å². The first-order chi connectivity index (χ1) is 11.0. The Hall–Kier alpha value is -1.41. The Labute approximate surface area is 144 Å². The molecule has 2 aromatic rings. The summed E-state index contributed by atoms with van der Waals surface area (Å²) in [5.74, 6) is 0.580. The Morgan fingerprint density at radius 1 is 1.09 bits per heavy atom. The molecule has 1 N–H and O–H groups in total. The second kappa shape index (κ2) is 7.92. The summed E-state index contributed by atoms with van der Waals surface area (Å²) in [6.45, 7) is 0.704. The molecular weight excluding hydrogens is 382 g/mol. The van der Waals surface area contributed by atoms with Gasteiger partial charge in [0.05, 0.1) is 23.1 Å². The van der Waals surface area contributed by atoms with E-state index in [0.717, 1.165) is 11.1 Å². The van der Waals surface area contributed by atoms with Crippen LogP contribution in [0.1, 0.15) is 11.1 Å². The maximum Gasteiger partial charge on any atom is 0.240 e. The standard InChI is InChI=1S/C16H18BrNO4S/c1-21-11-13-5-3-4-12(8-13)10-18-23(19,20)14-6-7-16(22-2)15(17)9-14/h3-9,18H,10-11H2,1-2H3. The lowest BCUT2D eigenvalue weighted by Crippen LogP contribution is -2.23. The summed E-state index contributed by atoms with van der Waals surface area (Å²) < 4.78 is 38.1. The van der Waals surface area contributed by atoms with Crippen molar-refractivity contribution in [1.82, 2.24) is 4.72 Å². The first kappa shape index (κ1) is 17.9. The van der Waals surface area contributed by atoms with E-state index < -0.39 is 10.0 Å². The molecule has 0 unspecified atom stereocenters. The van der Waals surface area contributed by atoms with Gasteiger partial charge in [0.25, 0.3) is 0 Å². The Morgan fingerprint density at radius 3 is 2.48 bits per heavy atom. The highest BCUT2D eigenvalue weighted by Gasteiger charge is 2.15. The number of nitrogens with one attached hydrogen (secondary N) is 1. The molecule has 0 radical (unpaired) electrons. The molecule has 0 bridgehead atoms. The van der Waals surface area contributed by atoms with Gasteiger partial charge < -0.3 is 9.47 Å². The van der Waals surface area contributed by atoms with Crippen molar-refractivity contribution in [2.24, 2.45) is 0 Å². The van der Waals surface area contributed by atoms with E-state index in [2.05, 4.69) is 20.7 Å². The highest BCUT2D eigenvalue weighted by Crippen LogP contribution is 2.27. The second-order valence-corrected chi connectivity index (χ2v) is 7.50. The Morgan fingerprint density at radius 2 is 1.83 bits per heavy atom. The number of halogens is 1. The van der Waals surface area contributed by atoms with Gasteiger partial charge in [-0.1, -0.05) is 24.3 Å². The molecule has 0 spiro atoms. The van der Waals surface area contributed by atoms with Gasteiger partial charge in [0.2, 0.25) is 10.0 Å². The number of methoxy groups -OCH3 is 2. The van der Waals surface area contributed by atoms with E-state index in [-0.39, 0.29) is 11.4 Å². The zero-order valence-corrected chi connectivity index (χ0v) is 15.3. The zero-order chi connectivity index (χ0) is 16.9. The summed E-state index contributed by atoms with van der Waals surface area (Å²) in [5.41, 5.74) is 1.87. The van der Waals surface area contributed by atoms with E-state index in [1.54, 1.807) is 13.2 Å². The van der Waals surface area contributed by atoms with E-state index in [0.29, 0.717) is 16.8 Å².